The second-order valence-corrected chi connectivity index (χ2v) is 9.94. The number of para-hydroxylation sites is 2. The fourth-order valence-electron chi connectivity index (χ4n) is 5.15. The summed E-state index contributed by atoms with van der Waals surface area (Å²) >= 11 is 0. The number of aryl methyl sites for hydroxylation is 2. The van der Waals surface area contributed by atoms with E-state index < -0.39 is 0 Å². The zero-order valence-electron chi connectivity index (χ0n) is 22.4. The molecule has 0 unspecified atom stereocenters. The summed E-state index contributed by atoms with van der Waals surface area (Å²) in [5.41, 5.74) is 11.3. The summed E-state index contributed by atoms with van der Waals surface area (Å²) in [6.07, 6.45) is 1.72. The van der Waals surface area contributed by atoms with Gasteiger partial charge in [0.1, 0.15) is 0 Å². The Morgan fingerprint density at radius 3 is 2.26 bits per heavy atom. The molecule has 1 aliphatic rings. The molecule has 6 nitrogen and oxygen atoms in total. The van der Waals surface area contributed by atoms with E-state index in [1.54, 1.807) is 6.21 Å². The minimum absolute atomic E-state index is 0.211. The fourth-order valence-corrected chi connectivity index (χ4v) is 5.15. The number of carbonyl (C=O) groups excluding carboxylic acids is 1. The predicted molar refractivity (Wildman–Crippen MR) is 155 cm³/mol. The third kappa shape index (κ3) is 5.71. The topological polar surface area (TPSA) is 52.9 Å². The Labute approximate surface area is 225 Å². The molecule has 5 rings (SSSR count). The number of carbonyl (C=O) groups is 1. The smallest absolute Gasteiger partial charge is 0.271 e. The first-order valence-electron chi connectivity index (χ1n) is 13.2. The van der Waals surface area contributed by atoms with Gasteiger partial charge in [-0.3, -0.25) is 9.69 Å². The average Bonchev–Trinajstić information content (AvgIpc) is 3.22. The van der Waals surface area contributed by atoms with Gasteiger partial charge in [-0.05, 0) is 68.3 Å². The number of aromatic nitrogens is 1. The van der Waals surface area contributed by atoms with E-state index in [4.69, 9.17) is 0 Å². The quantitative estimate of drug-likeness (QED) is 0.267. The van der Waals surface area contributed by atoms with E-state index in [1.165, 1.54) is 16.8 Å². The van der Waals surface area contributed by atoms with Crippen molar-refractivity contribution in [1.82, 2.24) is 14.9 Å². The molecule has 1 N–H and O–H groups in total. The predicted octanol–water partition coefficient (Wildman–Crippen LogP) is 5.49. The molecule has 0 bridgehead atoms. The van der Waals surface area contributed by atoms with Crippen LogP contribution in [-0.2, 0) is 6.54 Å². The highest BCUT2D eigenvalue weighted by atomic mass is 16.2. The highest BCUT2D eigenvalue weighted by Crippen LogP contribution is 2.22. The third-order valence-corrected chi connectivity index (χ3v) is 7.31. The number of nitrogens with zero attached hydrogens (tertiary/aromatic N) is 4. The molecule has 2 heterocycles. The second kappa shape index (κ2) is 11.5. The summed E-state index contributed by atoms with van der Waals surface area (Å²) < 4.78 is 2.22. The van der Waals surface area contributed by atoms with Crippen molar-refractivity contribution in [2.24, 2.45) is 5.10 Å². The molecule has 6 heteroatoms. The Morgan fingerprint density at radius 1 is 0.868 bits per heavy atom. The number of nitrogens with one attached hydrogen (secondary N) is 1. The van der Waals surface area contributed by atoms with Gasteiger partial charge in [0.2, 0.25) is 0 Å². The number of hydrazone groups is 1. The minimum Gasteiger partial charge on any atom is -0.369 e. The zero-order chi connectivity index (χ0) is 26.5. The van der Waals surface area contributed by atoms with Crippen LogP contribution in [0.1, 0.15) is 38.4 Å². The number of rotatable bonds is 7. The van der Waals surface area contributed by atoms with Crippen molar-refractivity contribution < 1.29 is 4.79 Å². The molecule has 4 aromatic rings. The number of hydrogen-bond donors (Lipinski definition) is 1. The molecule has 0 atom stereocenters. The van der Waals surface area contributed by atoms with Gasteiger partial charge in [0.05, 0.1) is 6.21 Å². The molecule has 0 spiro atoms. The van der Waals surface area contributed by atoms with Crippen LogP contribution >= 0.6 is 0 Å². The molecule has 1 aromatic heterocycles. The molecule has 1 saturated heterocycles. The number of amides is 1. The summed E-state index contributed by atoms with van der Waals surface area (Å²) in [6, 6.07) is 28.8. The summed E-state index contributed by atoms with van der Waals surface area (Å²) in [5.74, 6) is -0.211. The second-order valence-electron chi connectivity index (χ2n) is 9.94. The third-order valence-electron chi connectivity index (χ3n) is 7.31. The molecule has 38 heavy (non-hydrogen) atoms. The van der Waals surface area contributed by atoms with Crippen molar-refractivity contribution in [3.05, 3.63) is 119 Å². The van der Waals surface area contributed by atoms with Crippen LogP contribution < -0.4 is 10.3 Å². The van der Waals surface area contributed by atoms with Gasteiger partial charge in [-0.25, -0.2) is 5.43 Å². The Bertz CT molecular complexity index is 1410. The van der Waals surface area contributed by atoms with E-state index in [9.17, 15) is 4.79 Å². The van der Waals surface area contributed by atoms with Gasteiger partial charge in [-0.15, -0.1) is 0 Å². The molecule has 0 radical (unpaired) electrons. The minimum atomic E-state index is -0.211. The summed E-state index contributed by atoms with van der Waals surface area (Å²) in [7, 11) is 0. The molecule has 194 valence electrons. The average molecular weight is 506 g/mol. The molecule has 3 aromatic carbocycles. The summed E-state index contributed by atoms with van der Waals surface area (Å²) in [4.78, 5) is 17.6. The van der Waals surface area contributed by atoms with Gasteiger partial charge in [0.25, 0.3) is 5.91 Å². The SMILES string of the molecule is Cc1ccccc1-n1c(C)cc(/C=N\NC(=O)c2ccc(CN3CCN(c4ccccc4)CC3)cc2)c1C. The maximum atomic E-state index is 12.7. The highest BCUT2D eigenvalue weighted by molar-refractivity contribution is 5.95. The maximum absolute atomic E-state index is 12.7. The normalized spacial score (nSPS) is 14.2. The van der Waals surface area contributed by atoms with Crippen molar-refractivity contribution in [2.75, 3.05) is 31.1 Å². The van der Waals surface area contributed by atoms with Crippen molar-refractivity contribution >= 4 is 17.8 Å². The van der Waals surface area contributed by atoms with E-state index in [0.717, 1.165) is 55.4 Å². The highest BCUT2D eigenvalue weighted by Gasteiger charge is 2.17. The molecule has 1 aliphatic heterocycles. The van der Waals surface area contributed by atoms with Gasteiger partial charge < -0.3 is 9.47 Å². The maximum Gasteiger partial charge on any atom is 0.271 e. The van der Waals surface area contributed by atoms with E-state index in [0.29, 0.717) is 5.56 Å². The largest absolute Gasteiger partial charge is 0.369 e. The standard InChI is InChI=1S/C32H35N5O/c1-24-9-7-8-12-31(24)37-25(2)21-29(26(37)3)22-33-34-32(38)28-15-13-27(14-16-28)23-35-17-19-36(20-18-35)30-10-5-4-6-11-30/h4-16,21-22H,17-20,23H2,1-3H3,(H,34,38)/b33-22-. The summed E-state index contributed by atoms with van der Waals surface area (Å²) in [6.45, 7) is 11.2. The van der Waals surface area contributed by atoms with Crippen LogP contribution in [0.25, 0.3) is 5.69 Å². The number of anilines is 1. The van der Waals surface area contributed by atoms with Gasteiger partial charge >= 0.3 is 0 Å². The first kappa shape index (κ1) is 25.5. The molecule has 0 saturated carbocycles. The van der Waals surface area contributed by atoms with Crippen LogP contribution in [0.4, 0.5) is 5.69 Å². The Kier molecular flexibility index (Phi) is 7.70. The monoisotopic (exact) mass is 505 g/mol. The van der Waals surface area contributed by atoms with Crippen molar-refractivity contribution in [1.29, 1.82) is 0 Å². The fraction of sp³-hybridized carbons (Fsp3) is 0.250. The molecule has 1 fully saturated rings. The van der Waals surface area contributed by atoms with Crippen LogP contribution in [0.3, 0.4) is 0 Å². The van der Waals surface area contributed by atoms with Crippen LogP contribution in [-0.4, -0.2) is 47.8 Å². The van der Waals surface area contributed by atoms with Gasteiger partial charge in [-0.1, -0.05) is 48.5 Å². The van der Waals surface area contributed by atoms with Crippen molar-refractivity contribution in [3.8, 4) is 5.69 Å². The van der Waals surface area contributed by atoms with Gasteiger partial charge in [0.15, 0.2) is 0 Å². The zero-order valence-corrected chi connectivity index (χ0v) is 22.4. The Morgan fingerprint density at radius 2 is 1.55 bits per heavy atom. The lowest BCUT2D eigenvalue weighted by molar-refractivity contribution is 0.0955. The van der Waals surface area contributed by atoms with Crippen LogP contribution in [0.15, 0.2) is 90.0 Å². The van der Waals surface area contributed by atoms with E-state index in [1.807, 2.05) is 36.4 Å². The molecule has 1 amide bonds. The lowest BCUT2D eigenvalue weighted by atomic mass is 10.1. The first-order chi connectivity index (χ1) is 18.5. The molecular weight excluding hydrogens is 470 g/mol. The van der Waals surface area contributed by atoms with Crippen LogP contribution in [0.5, 0.6) is 0 Å². The Balaban J connectivity index is 1.15. The van der Waals surface area contributed by atoms with Gasteiger partial charge in [0, 0.05) is 66.6 Å². The lowest BCUT2D eigenvalue weighted by Crippen LogP contribution is -2.45. The Hall–Kier alpha value is -4.16. The number of hydrogen-bond acceptors (Lipinski definition) is 4. The number of piperazine rings is 1. The number of benzene rings is 3. The van der Waals surface area contributed by atoms with Crippen LogP contribution in [0.2, 0.25) is 0 Å². The molecular formula is C32H35N5O. The van der Waals surface area contributed by atoms with Crippen molar-refractivity contribution in [2.45, 2.75) is 27.3 Å². The van der Waals surface area contributed by atoms with Crippen molar-refractivity contribution in [3.63, 3.8) is 0 Å². The first-order valence-corrected chi connectivity index (χ1v) is 13.2. The van der Waals surface area contributed by atoms with E-state index in [-0.39, 0.29) is 5.91 Å². The summed E-state index contributed by atoms with van der Waals surface area (Å²) in [5, 5.41) is 4.25. The van der Waals surface area contributed by atoms with Gasteiger partial charge in [-0.2, -0.15) is 5.10 Å². The lowest BCUT2D eigenvalue weighted by Gasteiger charge is -2.36. The molecule has 0 aliphatic carbocycles. The van der Waals surface area contributed by atoms with E-state index >= 15 is 0 Å². The van der Waals surface area contributed by atoms with E-state index in [2.05, 4.69) is 94.2 Å². The van der Waals surface area contributed by atoms with Crippen LogP contribution in [0, 0.1) is 20.8 Å².